The van der Waals surface area contributed by atoms with Crippen LogP contribution in [-0.4, -0.2) is 60.9 Å². The van der Waals surface area contributed by atoms with Crippen molar-refractivity contribution in [1.29, 1.82) is 0 Å². The van der Waals surface area contributed by atoms with E-state index < -0.39 is 36.4 Å². The maximum Gasteiger partial charge on any atom is 0.328 e. The van der Waals surface area contributed by atoms with Crippen molar-refractivity contribution in [3.63, 3.8) is 0 Å². The summed E-state index contributed by atoms with van der Waals surface area (Å²) in [5, 5.41) is 25.1. The van der Waals surface area contributed by atoms with E-state index in [-0.39, 0.29) is 17.6 Å². The Kier molecular flexibility index (Phi) is 10.1. The van der Waals surface area contributed by atoms with Crippen molar-refractivity contribution in [2.24, 2.45) is 0 Å². The molecule has 0 bridgehead atoms. The van der Waals surface area contributed by atoms with Crippen LogP contribution in [0.1, 0.15) is 37.8 Å². The highest BCUT2D eigenvalue weighted by molar-refractivity contribution is 5.90. The number of methoxy groups -OCH3 is 2. The van der Waals surface area contributed by atoms with Crippen LogP contribution in [0.3, 0.4) is 0 Å². The van der Waals surface area contributed by atoms with Crippen LogP contribution in [0.4, 0.5) is 0 Å². The van der Waals surface area contributed by atoms with Crippen molar-refractivity contribution < 1.29 is 34.1 Å². The molecule has 2 rings (SSSR count). The van der Waals surface area contributed by atoms with E-state index in [1.54, 1.807) is 12.1 Å². The van der Waals surface area contributed by atoms with Crippen LogP contribution in [-0.2, 0) is 31.0 Å². The second kappa shape index (κ2) is 12.8. The van der Waals surface area contributed by atoms with Gasteiger partial charge >= 0.3 is 11.9 Å². The van der Waals surface area contributed by atoms with Gasteiger partial charge in [-0.2, -0.15) is 0 Å². The second-order valence-corrected chi connectivity index (χ2v) is 8.90. The number of hydrogen-bond acceptors (Lipinski definition) is 7. The number of carboxylic acids is 1. The largest absolute Gasteiger partial charge is 0.504 e. The molecule has 190 valence electrons. The average molecular weight is 487 g/mol. The zero-order valence-electron chi connectivity index (χ0n) is 20.5. The Morgan fingerprint density at radius 1 is 1.03 bits per heavy atom. The second-order valence-electron chi connectivity index (χ2n) is 8.90. The summed E-state index contributed by atoms with van der Waals surface area (Å²) in [6, 6.07) is 12.3. The lowest BCUT2D eigenvalue weighted by molar-refractivity contribution is -0.145. The number of aliphatic carboxylic acids is 1. The van der Waals surface area contributed by atoms with Crippen molar-refractivity contribution in [2.45, 2.75) is 50.6 Å². The number of ether oxygens (including phenoxy) is 2. The smallest absolute Gasteiger partial charge is 0.328 e. The first kappa shape index (κ1) is 27.7. The molecule has 0 heterocycles. The number of aromatic hydroxyl groups is 1. The van der Waals surface area contributed by atoms with E-state index in [2.05, 4.69) is 10.6 Å². The first-order valence-electron chi connectivity index (χ1n) is 11.3. The van der Waals surface area contributed by atoms with Crippen molar-refractivity contribution >= 4 is 17.8 Å². The number of phenols is 1. The zero-order chi connectivity index (χ0) is 26.0. The molecule has 0 aromatic heterocycles. The van der Waals surface area contributed by atoms with Gasteiger partial charge in [-0.05, 0) is 41.6 Å². The minimum Gasteiger partial charge on any atom is -0.504 e. The van der Waals surface area contributed by atoms with Gasteiger partial charge in [-0.3, -0.25) is 9.59 Å². The van der Waals surface area contributed by atoms with E-state index in [4.69, 9.17) is 9.47 Å². The van der Waals surface area contributed by atoms with Crippen LogP contribution in [0, 0.1) is 0 Å². The standard InChI is InChI=1S/C26H34N2O7/c1-26(2,18-10-11-22(34-3)21(29)15-18)12-13-27-19(16-23(30)31)24(32)28-20(25(33)35-4)14-17-8-6-5-7-9-17/h5-11,15,19-20,27,29H,12-14,16H2,1-4H3,(H,28,32)(H,30,31). The lowest BCUT2D eigenvalue weighted by Crippen LogP contribution is -2.52. The minimum absolute atomic E-state index is 0.0291. The van der Waals surface area contributed by atoms with Crippen molar-refractivity contribution in [3.05, 3.63) is 59.7 Å². The number of rotatable bonds is 13. The molecule has 2 atom stereocenters. The molecule has 0 saturated carbocycles. The van der Waals surface area contributed by atoms with E-state index in [0.717, 1.165) is 11.1 Å². The molecule has 0 saturated heterocycles. The monoisotopic (exact) mass is 486 g/mol. The molecule has 1 amide bonds. The van der Waals surface area contributed by atoms with Gasteiger partial charge in [-0.25, -0.2) is 4.79 Å². The molecule has 2 unspecified atom stereocenters. The summed E-state index contributed by atoms with van der Waals surface area (Å²) in [5.74, 6) is -1.96. The number of hydrogen-bond donors (Lipinski definition) is 4. The van der Waals surface area contributed by atoms with Crippen LogP contribution in [0.2, 0.25) is 0 Å². The molecule has 0 aliphatic heterocycles. The highest BCUT2D eigenvalue weighted by atomic mass is 16.5. The number of carboxylic acid groups (broad SMARTS) is 1. The topological polar surface area (TPSA) is 134 Å². The van der Waals surface area contributed by atoms with Gasteiger partial charge in [0.15, 0.2) is 11.5 Å². The molecule has 2 aromatic rings. The first-order valence-corrected chi connectivity index (χ1v) is 11.3. The van der Waals surface area contributed by atoms with Crippen LogP contribution >= 0.6 is 0 Å². The van der Waals surface area contributed by atoms with Crippen molar-refractivity contribution in [3.8, 4) is 11.5 Å². The van der Waals surface area contributed by atoms with Gasteiger partial charge in [-0.15, -0.1) is 0 Å². The lowest BCUT2D eigenvalue weighted by Gasteiger charge is -2.27. The normalized spacial score (nSPS) is 12.9. The molecular formula is C26H34N2O7. The number of nitrogens with one attached hydrogen (secondary N) is 2. The van der Waals surface area contributed by atoms with E-state index in [1.807, 2.05) is 50.2 Å². The third kappa shape index (κ3) is 8.29. The van der Waals surface area contributed by atoms with Gasteiger partial charge in [0.1, 0.15) is 6.04 Å². The number of amides is 1. The van der Waals surface area contributed by atoms with Crippen molar-refractivity contribution in [1.82, 2.24) is 10.6 Å². The summed E-state index contributed by atoms with van der Waals surface area (Å²) in [4.78, 5) is 36.6. The number of benzene rings is 2. The molecule has 35 heavy (non-hydrogen) atoms. The van der Waals surface area contributed by atoms with E-state index in [9.17, 15) is 24.6 Å². The Morgan fingerprint density at radius 2 is 1.71 bits per heavy atom. The quantitative estimate of drug-likeness (QED) is 0.317. The predicted molar refractivity (Wildman–Crippen MR) is 130 cm³/mol. The van der Waals surface area contributed by atoms with Crippen LogP contribution in [0.5, 0.6) is 11.5 Å². The Morgan fingerprint density at radius 3 is 2.29 bits per heavy atom. The van der Waals surface area contributed by atoms with Gasteiger partial charge in [0.2, 0.25) is 5.91 Å². The molecule has 2 aromatic carbocycles. The van der Waals surface area contributed by atoms with Gasteiger partial charge in [0.25, 0.3) is 0 Å². The zero-order valence-corrected chi connectivity index (χ0v) is 20.5. The highest BCUT2D eigenvalue weighted by Crippen LogP contribution is 2.34. The molecular weight excluding hydrogens is 452 g/mol. The predicted octanol–water partition coefficient (Wildman–Crippen LogP) is 2.40. The van der Waals surface area contributed by atoms with Crippen LogP contribution in [0.15, 0.2) is 48.5 Å². The summed E-state index contributed by atoms with van der Waals surface area (Å²) in [6.45, 7) is 4.29. The third-order valence-corrected chi connectivity index (χ3v) is 5.88. The van der Waals surface area contributed by atoms with Gasteiger partial charge < -0.3 is 30.3 Å². The fourth-order valence-corrected chi connectivity index (χ4v) is 3.70. The van der Waals surface area contributed by atoms with Crippen molar-refractivity contribution in [2.75, 3.05) is 20.8 Å². The average Bonchev–Trinajstić information content (AvgIpc) is 2.82. The SMILES string of the molecule is COC(=O)C(Cc1ccccc1)NC(=O)C(CC(=O)O)NCCC(C)(C)c1ccc(OC)c(O)c1. The number of esters is 1. The molecule has 4 N–H and O–H groups in total. The van der Waals surface area contributed by atoms with Gasteiger partial charge in [0.05, 0.1) is 26.7 Å². The molecule has 9 nitrogen and oxygen atoms in total. The first-order chi connectivity index (χ1) is 16.6. The van der Waals surface area contributed by atoms with E-state index in [1.165, 1.54) is 14.2 Å². The Hall–Kier alpha value is -3.59. The Balaban J connectivity index is 2.06. The molecule has 0 aliphatic rings. The summed E-state index contributed by atoms with van der Waals surface area (Å²) in [7, 11) is 2.71. The van der Waals surface area contributed by atoms with Crippen LogP contribution in [0.25, 0.3) is 0 Å². The van der Waals surface area contributed by atoms with Gasteiger partial charge in [-0.1, -0.05) is 50.2 Å². The van der Waals surface area contributed by atoms with E-state index in [0.29, 0.717) is 18.7 Å². The third-order valence-electron chi connectivity index (χ3n) is 5.88. The highest BCUT2D eigenvalue weighted by Gasteiger charge is 2.29. The van der Waals surface area contributed by atoms with Gasteiger partial charge in [0, 0.05) is 6.42 Å². The van der Waals surface area contributed by atoms with E-state index >= 15 is 0 Å². The Labute approximate surface area is 205 Å². The number of carbonyl (C=O) groups is 3. The molecule has 0 aliphatic carbocycles. The lowest BCUT2D eigenvalue weighted by atomic mass is 9.81. The summed E-state index contributed by atoms with van der Waals surface area (Å²) < 4.78 is 9.91. The minimum atomic E-state index is -1.14. The summed E-state index contributed by atoms with van der Waals surface area (Å²) >= 11 is 0. The molecule has 0 fully saturated rings. The maximum atomic E-state index is 12.9. The molecule has 0 radical (unpaired) electrons. The number of carbonyl (C=O) groups excluding carboxylic acids is 2. The Bertz CT molecular complexity index is 1010. The summed E-state index contributed by atoms with van der Waals surface area (Å²) in [6.07, 6.45) is 0.314. The fourth-order valence-electron chi connectivity index (χ4n) is 3.70. The maximum absolute atomic E-state index is 12.9. The van der Waals surface area contributed by atoms with Crippen LogP contribution < -0.4 is 15.4 Å². The molecule has 9 heteroatoms. The number of phenolic OH excluding ortho intramolecular Hbond substituents is 1. The summed E-state index contributed by atoms with van der Waals surface area (Å²) in [5.41, 5.74) is 1.31. The fraction of sp³-hybridized carbons (Fsp3) is 0.423. The molecule has 0 spiro atoms.